The van der Waals surface area contributed by atoms with E-state index in [-0.39, 0.29) is 5.91 Å². The van der Waals surface area contributed by atoms with Gasteiger partial charge in [-0.15, -0.1) is 0 Å². The molecule has 4 nitrogen and oxygen atoms in total. The van der Waals surface area contributed by atoms with Gasteiger partial charge in [-0.3, -0.25) is 4.79 Å². The van der Waals surface area contributed by atoms with Gasteiger partial charge in [-0.1, -0.05) is 35.9 Å². The van der Waals surface area contributed by atoms with Crippen LogP contribution in [0, 0.1) is 6.92 Å². The number of fused-ring (bicyclic) bond motifs is 1. The number of aromatic nitrogens is 1. The Balaban J connectivity index is 1.66. The Labute approximate surface area is 156 Å². The van der Waals surface area contributed by atoms with Crippen LogP contribution in [0.3, 0.4) is 0 Å². The van der Waals surface area contributed by atoms with Gasteiger partial charge in [-0.25, -0.2) is 4.99 Å². The average Bonchev–Trinajstić information content (AvgIpc) is 3.18. The van der Waals surface area contributed by atoms with Crippen molar-refractivity contribution in [3.63, 3.8) is 0 Å². The van der Waals surface area contributed by atoms with Gasteiger partial charge in [0, 0.05) is 29.2 Å². The fourth-order valence-electron chi connectivity index (χ4n) is 3.01. The lowest BCUT2D eigenvalue weighted by Gasteiger charge is -1.97. The van der Waals surface area contributed by atoms with E-state index in [1.54, 1.807) is 0 Å². The van der Waals surface area contributed by atoms with Crippen LogP contribution in [-0.2, 0) is 11.3 Å². The Morgan fingerprint density at radius 1 is 1.15 bits per heavy atom. The first kappa shape index (κ1) is 16.7. The van der Waals surface area contributed by atoms with E-state index in [2.05, 4.69) is 40.1 Å². The maximum absolute atomic E-state index is 12.4. The van der Waals surface area contributed by atoms with Crippen molar-refractivity contribution in [3.8, 4) is 0 Å². The monoisotopic (exact) mass is 361 g/mol. The molecule has 0 atom stereocenters. The van der Waals surface area contributed by atoms with Crippen molar-refractivity contribution in [1.82, 2.24) is 9.88 Å². The third-order valence-electron chi connectivity index (χ3n) is 4.36. The lowest BCUT2D eigenvalue weighted by molar-refractivity contribution is -0.115. The van der Waals surface area contributed by atoms with Gasteiger partial charge in [0.05, 0.1) is 10.6 Å². The second kappa shape index (κ2) is 6.84. The highest BCUT2D eigenvalue weighted by Crippen LogP contribution is 2.31. The Hall–Kier alpha value is -2.79. The van der Waals surface area contributed by atoms with Gasteiger partial charge in [0.1, 0.15) is 0 Å². The number of thioether (sulfide) groups is 1. The van der Waals surface area contributed by atoms with E-state index >= 15 is 0 Å². The smallest absolute Gasteiger partial charge is 0.264 e. The molecule has 1 amide bonds. The zero-order chi connectivity index (χ0) is 18.1. The highest BCUT2D eigenvalue weighted by molar-refractivity contribution is 8.18. The van der Waals surface area contributed by atoms with Gasteiger partial charge in [0.15, 0.2) is 5.17 Å². The number of carbonyl (C=O) groups excluding carboxylic acids is 1. The van der Waals surface area contributed by atoms with E-state index in [1.165, 1.54) is 22.8 Å². The van der Waals surface area contributed by atoms with E-state index in [9.17, 15) is 4.79 Å². The third kappa shape index (κ3) is 3.18. The minimum atomic E-state index is -0.103. The van der Waals surface area contributed by atoms with Crippen LogP contribution >= 0.6 is 11.8 Å². The molecule has 5 heteroatoms. The Bertz CT molecular complexity index is 1040. The number of rotatable bonds is 3. The zero-order valence-corrected chi connectivity index (χ0v) is 15.5. The summed E-state index contributed by atoms with van der Waals surface area (Å²) in [7, 11) is 0. The quantitative estimate of drug-likeness (QED) is 0.677. The predicted molar refractivity (Wildman–Crippen MR) is 110 cm³/mol. The molecule has 1 aliphatic heterocycles. The van der Waals surface area contributed by atoms with Crippen molar-refractivity contribution in [2.24, 2.45) is 4.99 Å². The van der Waals surface area contributed by atoms with Gasteiger partial charge in [-0.05, 0) is 49.9 Å². The van der Waals surface area contributed by atoms with Crippen molar-refractivity contribution in [1.29, 1.82) is 0 Å². The molecule has 0 unspecified atom stereocenters. The molecule has 0 spiro atoms. The molecule has 1 aliphatic rings. The van der Waals surface area contributed by atoms with E-state index in [0.29, 0.717) is 10.1 Å². The van der Waals surface area contributed by atoms with Crippen LogP contribution in [0.1, 0.15) is 18.1 Å². The first-order valence-electron chi connectivity index (χ1n) is 8.58. The van der Waals surface area contributed by atoms with E-state index in [1.807, 2.05) is 49.4 Å². The highest BCUT2D eigenvalue weighted by atomic mass is 32.2. The number of aryl methyl sites for hydroxylation is 2. The molecular formula is C21H19N3OS. The third-order valence-corrected chi connectivity index (χ3v) is 5.27. The molecule has 130 valence electrons. The van der Waals surface area contributed by atoms with Crippen molar-refractivity contribution in [3.05, 3.63) is 70.8 Å². The fourth-order valence-corrected chi connectivity index (χ4v) is 3.84. The molecule has 3 aromatic rings. The zero-order valence-electron chi connectivity index (χ0n) is 14.7. The summed E-state index contributed by atoms with van der Waals surface area (Å²) in [6.07, 6.45) is 4.05. The number of benzene rings is 2. The summed E-state index contributed by atoms with van der Waals surface area (Å²) in [5.41, 5.74) is 4.25. The van der Waals surface area contributed by atoms with Crippen LogP contribution in [-0.4, -0.2) is 15.6 Å². The summed E-state index contributed by atoms with van der Waals surface area (Å²) in [4.78, 5) is 17.5. The molecule has 1 aromatic heterocycles. The van der Waals surface area contributed by atoms with Gasteiger partial charge < -0.3 is 9.88 Å². The largest absolute Gasteiger partial charge is 0.347 e. The predicted octanol–water partition coefficient (Wildman–Crippen LogP) is 4.86. The second-order valence-electron chi connectivity index (χ2n) is 6.20. The fraction of sp³-hybridized carbons (Fsp3) is 0.143. The van der Waals surface area contributed by atoms with Crippen LogP contribution in [0.4, 0.5) is 5.69 Å². The molecule has 2 aromatic carbocycles. The van der Waals surface area contributed by atoms with Crippen molar-refractivity contribution >= 4 is 45.5 Å². The molecule has 1 N–H and O–H groups in total. The van der Waals surface area contributed by atoms with Crippen LogP contribution in [0.2, 0.25) is 0 Å². The Morgan fingerprint density at radius 3 is 2.69 bits per heavy atom. The topological polar surface area (TPSA) is 46.4 Å². The van der Waals surface area contributed by atoms with Gasteiger partial charge in [-0.2, -0.15) is 0 Å². The summed E-state index contributed by atoms with van der Waals surface area (Å²) in [5.74, 6) is -0.103. The highest BCUT2D eigenvalue weighted by Gasteiger charge is 2.24. The van der Waals surface area contributed by atoms with E-state index in [0.717, 1.165) is 23.2 Å². The molecule has 0 bridgehead atoms. The Kier molecular flexibility index (Phi) is 4.39. The Morgan fingerprint density at radius 2 is 1.92 bits per heavy atom. The van der Waals surface area contributed by atoms with Crippen LogP contribution in [0.5, 0.6) is 0 Å². The van der Waals surface area contributed by atoms with Crippen LogP contribution in [0.25, 0.3) is 17.0 Å². The molecule has 1 fully saturated rings. The molecule has 0 radical (unpaired) electrons. The van der Waals surface area contributed by atoms with Crippen molar-refractivity contribution in [2.75, 3.05) is 0 Å². The number of carbonyl (C=O) groups is 1. The lowest BCUT2D eigenvalue weighted by atomic mass is 10.1. The molecule has 26 heavy (non-hydrogen) atoms. The minimum Gasteiger partial charge on any atom is -0.347 e. The second-order valence-corrected chi connectivity index (χ2v) is 7.24. The summed E-state index contributed by atoms with van der Waals surface area (Å²) >= 11 is 1.38. The summed E-state index contributed by atoms with van der Waals surface area (Å²) in [6.45, 7) is 5.05. The maximum atomic E-state index is 12.4. The number of hydrogen-bond donors (Lipinski definition) is 1. The number of amidine groups is 1. The molecule has 4 rings (SSSR count). The number of nitrogens with one attached hydrogen (secondary N) is 1. The van der Waals surface area contributed by atoms with E-state index < -0.39 is 0 Å². The molecule has 0 saturated carbocycles. The maximum Gasteiger partial charge on any atom is 0.264 e. The molecule has 2 heterocycles. The molecular weight excluding hydrogens is 342 g/mol. The number of para-hydroxylation sites is 1. The number of aliphatic imine (C=N–C) groups is 1. The van der Waals surface area contributed by atoms with Crippen LogP contribution < -0.4 is 5.32 Å². The van der Waals surface area contributed by atoms with Gasteiger partial charge in [0.25, 0.3) is 5.91 Å². The summed E-state index contributed by atoms with van der Waals surface area (Å²) in [5, 5.41) is 4.62. The normalized spacial score (nSPS) is 17.4. The number of amides is 1. The standard InChI is InChI=1S/C21H19N3OS/c1-3-24-13-15(17-6-4-5-7-18(17)24)12-19-20(25)23-21(26-19)22-16-10-8-14(2)9-11-16/h4-13H,3H2,1-2H3,(H,22,23,25)/b19-12+. The average molecular weight is 361 g/mol. The van der Waals surface area contributed by atoms with E-state index in [4.69, 9.17) is 0 Å². The van der Waals surface area contributed by atoms with Gasteiger partial charge >= 0.3 is 0 Å². The minimum absolute atomic E-state index is 0.103. The number of nitrogens with zero attached hydrogens (tertiary/aromatic N) is 2. The first-order chi connectivity index (χ1) is 12.6. The van der Waals surface area contributed by atoms with Crippen molar-refractivity contribution in [2.45, 2.75) is 20.4 Å². The SMILES string of the molecule is CCn1cc(/C=C2/SC(=Nc3ccc(C)cc3)NC2=O)c2ccccc21. The number of hydrogen-bond acceptors (Lipinski definition) is 3. The van der Waals surface area contributed by atoms with Crippen LogP contribution in [0.15, 0.2) is 64.6 Å². The van der Waals surface area contributed by atoms with Crippen molar-refractivity contribution < 1.29 is 4.79 Å². The molecule has 1 saturated heterocycles. The molecule has 0 aliphatic carbocycles. The first-order valence-corrected chi connectivity index (χ1v) is 9.40. The summed E-state index contributed by atoms with van der Waals surface area (Å²) < 4.78 is 2.19. The summed E-state index contributed by atoms with van der Waals surface area (Å²) in [6, 6.07) is 16.2. The lowest BCUT2D eigenvalue weighted by Crippen LogP contribution is -2.19. The van der Waals surface area contributed by atoms with Gasteiger partial charge in [0.2, 0.25) is 0 Å².